The molecule has 5 atom stereocenters. The van der Waals surface area contributed by atoms with Gasteiger partial charge in [0.25, 0.3) is 0 Å². The Morgan fingerprint density at radius 3 is 2.19 bits per heavy atom. The highest BCUT2D eigenvalue weighted by atomic mass is 32.2. The van der Waals surface area contributed by atoms with E-state index in [1.54, 1.807) is 0 Å². The van der Waals surface area contributed by atoms with Crippen LogP contribution in [0.1, 0.15) is 34.6 Å². The average molecular weight is 535 g/mol. The summed E-state index contributed by atoms with van der Waals surface area (Å²) in [7, 11) is 0. The van der Waals surface area contributed by atoms with Gasteiger partial charge in [0.1, 0.15) is 24.2 Å². The number of esters is 3. The molecule has 0 radical (unpaired) electrons. The number of ether oxygens (including phenoxy) is 4. The molecule has 2 aromatic rings. The molecule has 1 aliphatic heterocycles. The van der Waals surface area contributed by atoms with Gasteiger partial charge in [0.15, 0.2) is 23.2 Å². The Balaban J connectivity index is 2.02. The first kappa shape index (κ1) is 28.1. The molecule has 1 aliphatic rings. The van der Waals surface area contributed by atoms with Crippen molar-refractivity contribution in [1.82, 2.24) is 20.1 Å². The van der Waals surface area contributed by atoms with E-state index in [-0.39, 0.29) is 6.61 Å². The van der Waals surface area contributed by atoms with Gasteiger partial charge in [-0.1, -0.05) is 42.1 Å². The lowest BCUT2D eigenvalue weighted by Gasteiger charge is -2.44. The van der Waals surface area contributed by atoms with Crippen LogP contribution in [0.2, 0.25) is 0 Å². The van der Waals surface area contributed by atoms with Crippen LogP contribution in [-0.2, 0) is 44.7 Å². The van der Waals surface area contributed by atoms with Crippen LogP contribution in [0.3, 0.4) is 0 Å². The van der Waals surface area contributed by atoms with Gasteiger partial charge in [-0.2, -0.15) is 0 Å². The molecule has 0 saturated carbocycles. The SMILES string of the molecule is CCn1c(SC2OC(COC(C)=O)C(OC(C)=O)C(OC(C)=O)C2NC(C)=O)nnc1-c1ccccc1. The summed E-state index contributed by atoms with van der Waals surface area (Å²) in [6, 6.07) is 8.58. The number of amides is 1. The van der Waals surface area contributed by atoms with Crippen molar-refractivity contribution in [3.8, 4) is 11.4 Å². The smallest absolute Gasteiger partial charge is 0.303 e. The molecule has 0 aliphatic carbocycles. The molecular weight excluding hydrogens is 504 g/mol. The average Bonchev–Trinajstić information content (AvgIpc) is 3.23. The summed E-state index contributed by atoms with van der Waals surface area (Å²) in [4.78, 5) is 47.6. The van der Waals surface area contributed by atoms with Crippen molar-refractivity contribution in [3.05, 3.63) is 30.3 Å². The first-order valence-corrected chi connectivity index (χ1v) is 12.5. The predicted molar refractivity (Wildman–Crippen MR) is 131 cm³/mol. The standard InChI is InChI=1S/C24H30N4O8S/c1-6-28-22(17-10-8-7-9-11-17)26-27-24(28)37-23-19(25-13(2)29)21(35-16(5)32)20(34-15(4)31)18(36-23)12-33-14(3)30/h7-11,18-21,23H,6,12H2,1-5H3,(H,25,29). The van der Waals surface area contributed by atoms with Gasteiger partial charge in [-0.05, 0) is 6.92 Å². The quantitative estimate of drug-likeness (QED) is 0.370. The molecule has 5 unspecified atom stereocenters. The molecule has 13 heteroatoms. The Morgan fingerprint density at radius 2 is 1.62 bits per heavy atom. The zero-order valence-corrected chi connectivity index (χ0v) is 22.0. The number of nitrogens with one attached hydrogen (secondary N) is 1. The minimum absolute atomic E-state index is 0.273. The lowest BCUT2D eigenvalue weighted by atomic mass is 9.97. The molecule has 3 rings (SSSR count). The normalized spacial score (nSPS) is 23.1. The van der Waals surface area contributed by atoms with Crippen LogP contribution in [-0.4, -0.2) is 75.0 Å². The maximum Gasteiger partial charge on any atom is 0.303 e. The van der Waals surface area contributed by atoms with E-state index in [0.29, 0.717) is 17.5 Å². The minimum atomic E-state index is -1.15. The summed E-state index contributed by atoms with van der Waals surface area (Å²) in [6.45, 7) is 7.14. The third kappa shape index (κ3) is 7.29. The molecule has 1 amide bonds. The lowest BCUT2D eigenvalue weighted by Crippen LogP contribution is -2.65. The Kier molecular flexibility index (Phi) is 9.64. The third-order valence-corrected chi connectivity index (χ3v) is 6.51. The van der Waals surface area contributed by atoms with Gasteiger partial charge >= 0.3 is 17.9 Å². The van der Waals surface area contributed by atoms with E-state index in [4.69, 9.17) is 18.9 Å². The van der Waals surface area contributed by atoms with Crippen molar-refractivity contribution in [1.29, 1.82) is 0 Å². The number of aromatic nitrogens is 3. The first-order chi connectivity index (χ1) is 17.6. The molecule has 1 aromatic heterocycles. The van der Waals surface area contributed by atoms with Crippen LogP contribution in [0.25, 0.3) is 11.4 Å². The fourth-order valence-corrected chi connectivity index (χ4v) is 5.16. The van der Waals surface area contributed by atoms with Gasteiger partial charge in [0.2, 0.25) is 5.91 Å². The highest BCUT2D eigenvalue weighted by Crippen LogP contribution is 2.36. The van der Waals surface area contributed by atoms with E-state index >= 15 is 0 Å². The van der Waals surface area contributed by atoms with Gasteiger partial charge in [0.05, 0.1) is 0 Å². The summed E-state index contributed by atoms with van der Waals surface area (Å²) in [5.74, 6) is -1.66. The van der Waals surface area contributed by atoms with Crippen LogP contribution >= 0.6 is 11.8 Å². The van der Waals surface area contributed by atoms with Crippen molar-refractivity contribution < 1.29 is 38.1 Å². The summed E-state index contributed by atoms with van der Waals surface area (Å²) in [6.07, 6.45) is -3.28. The van der Waals surface area contributed by atoms with Crippen molar-refractivity contribution in [2.24, 2.45) is 0 Å². The van der Waals surface area contributed by atoms with E-state index in [0.717, 1.165) is 17.3 Å². The number of nitrogens with zero attached hydrogens (tertiary/aromatic N) is 3. The maximum absolute atomic E-state index is 12.2. The van der Waals surface area contributed by atoms with Gasteiger partial charge in [-0.15, -0.1) is 10.2 Å². The molecule has 0 bridgehead atoms. The first-order valence-electron chi connectivity index (χ1n) is 11.7. The van der Waals surface area contributed by atoms with Crippen LogP contribution in [0, 0.1) is 0 Å². The molecule has 2 heterocycles. The Hall–Kier alpha value is -3.45. The molecule has 12 nitrogen and oxygen atoms in total. The number of rotatable bonds is 9. The van der Waals surface area contributed by atoms with Gasteiger partial charge in [-0.25, -0.2) is 0 Å². The molecule has 1 aromatic carbocycles. The highest BCUT2D eigenvalue weighted by Gasteiger charge is 2.51. The van der Waals surface area contributed by atoms with E-state index in [1.807, 2.05) is 41.8 Å². The number of carbonyl (C=O) groups is 4. The minimum Gasteiger partial charge on any atom is -0.463 e. The summed E-state index contributed by atoms with van der Waals surface area (Å²) < 4.78 is 24.2. The van der Waals surface area contributed by atoms with E-state index in [2.05, 4.69) is 15.5 Å². The number of hydrogen-bond donors (Lipinski definition) is 1. The van der Waals surface area contributed by atoms with Crippen LogP contribution < -0.4 is 5.32 Å². The lowest BCUT2D eigenvalue weighted by molar-refractivity contribution is -0.211. The second-order valence-corrected chi connectivity index (χ2v) is 9.32. The molecule has 37 heavy (non-hydrogen) atoms. The second-order valence-electron chi connectivity index (χ2n) is 8.25. The molecule has 1 N–H and O–H groups in total. The van der Waals surface area contributed by atoms with E-state index in [1.165, 1.54) is 27.7 Å². The Morgan fingerprint density at radius 1 is 0.973 bits per heavy atom. The van der Waals surface area contributed by atoms with E-state index < -0.39 is 53.6 Å². The molecular formula is C24H30N4O8S. The number of benzene rings is 1. The zero-order chi connectivity index (χ0) is 27.1. The zero-order valence-electron chi connectivity index (χ0n) is 21.2. The molecule has 1 fully saturated rings. The Labute approximate surface area is 218 Å². The summed E-state index contributed by atoms with van der Waals surface area (Å²) >= 11 is 1.15. The van der Waals surface area contributed by atoms with Crippen molar-refractivity contribution in [2.75, 3.05) is 6.61 Å². The van der Waals surface area contributed by atoms with Crippen LogP contribution in [0.4, 0.5) is 0 Å². The van der Waals surface area contributed by atoms with Crippen molar-refractivity contribution >= 4 is 35.6 Å². The van der Waals surface area contributed by atoms with Crippen LogP contribution in [0.15, 0.2) is 35.5 Å². The monoisotopic (exact) mass is 534 g/mol. The van der Waals surface area contributed by atoms with Gasteiger partial charge < -0.3 is 28.8 Å². The summed E-state index contributed by atoms with van der Waals surface area (Å²) in [5, 5.41) is 11.9. The maximum atomic E-state index is 12.2. The molecule has 0 spiro atoms. The molecule has 200 valence electrons. The topological polar surface area (TPSA) is 148 Å². The Bertz CT molecular complexity index is 1130. The fraction of sp³-hybridized carbons (Fsp3) is 0.500. The number of carbonyl (C=O) groups excluding carboxylic acids is 4. The van der Waals surface area contributed by atoms with Gasteiger partial charge in [-0.3, -0.25) is 19.2 Å². The van der Waals surface area contributed by atoms with Crippen molar-refractivity contribution in [3.63, 3.8) is 0 Å². The second kappa shape index (κ2) is 12.7. The van der Waals surface area contributed by atoms with Crippen molar-refractivity contribution in [2.45, 2.75) is 76.1 Å². The van der Waals surface area contributed by atoms with E-state index in [9.17, 15) is 19.2 Å². The van der Waals surface area contributed by atoms with Crippen LogP contribution in [0.5, 0.6) is 0 Å². The largest absolute Gasteiger partial charge is 0.463 e. The summed E-state index contributed by atoms with van der Waals surface area (Å²) in [5.41, 5.74) is -0.00846. The van der Waals surface area contributed by atoms with Gasteiger partial charge in [0, 0.05) is 39.8 Å². The third-order valence-electron chi connectivity index (χ3n) is 5.36. The highest BCUT2D eigenvalue weighted by molar-refractivity contribution is 7.99. The molecule has 1 saturated heterocycles. The number of hydrogen-bond acceptors (Lipinski definition) is 11. The predicted octanol–water partition coefficient (Wildman–Crippen LogP) is 1.71. The fourth-order valence-electron chi connectivity index (χ4n) is 3.96. The number of thioether (sulfide) groups is 1.